The molecule has 3 rings (SSSR count). The summed E-state index contributed by atoms with van der Waals surface area (Å²) in [6.07, 6.45) is 1.80. The van der Waals surface area contributed by atoms with Gasteiger partial charge in [-0.3, -0.25) is 4.79 Å². The maximum atomic E-state index is 12.5. The van der Waals surface area contributed by atoms with Crippen LogP contribution in [-0.4, -0.2) is 26.3 Å². The van der Waals surface area contributed by atoms with Crippen molar-refractivity contribution in [3.63, 3.8) is 0 Å². The molecular weight excluding hydrogens is 445 g/mol. The number of hydrogen-bond acceptors (Lipinski definition) is 5. The molecule has 1 heterocycles. The van der Waals surface area contributed by atoms with Gasteiger partial charge in [-0.25, -0.2) is 0 Å². The van der Waals surface area contributed by atoms with Crippen LogP contribution in [0.4, 0.5) is 0 Å². The number of aromatic nitrogens is 3. The quantitative estimate of drug-likeness (QED) is 0.210. The van der Waals surface area contributed by atoms with Gasteiger partial charge < -0.3 is 4.57 Å². The van der Waals surface area contributed by atoms with Gasteiger partial charge in [0.2, 0.25) is 0 Å². The van der Waals surface area contributed by atoms with E-state index in [0.717, 1.165) is 5.82 Å². The number of thioether (sulfide) groups is 2. The van der Waals surface area contributed by atoms with Crippen molar-refractivity contribution in [3.8, 4) is 0 Å². The first-order valence-electron chi connectivity index (χ1n) is 8.81. The van der Waals surface area contributed by atoms with Gasteiger partial charge in [-0.05, 0) is 37.3 Å². The molecule has 8 heteroatoms. The molecule has 0 aliphatic carbocycles. The zero-order valence-electron chi connectivity index (χ0n) is 15.8. The highest BCUT2D eigenvalue weighted by molar-refractivity contribution is 7.99. The first kappa shape index (κ1) is 22.0. The average Bonchev–Trinajstić information content (AvgIpc) is 3.08. The summed E-state index contributed by atoms with van der Waals surface area (Å²) in [5.41, 5.74) is 1.68. The zero-order chi connectivity index (χ0) is 20.8. The maximum Gasteiger partial charge on any atom is 0.191 e. The minimum atomic E-state index is -0.0830. The summed E-state index contributed by atoms with van der Waals surface area (Å²) in [6, 6.07) is 13.2. The first-order valence-corrected chi connectivity index (χ1v) is 11.5. The van der Waals surface area contributed by atoms with Crippen LogP contribution in [0.25, 0.3) is 0 Å². The van der Waals surface area contributed by atoms with Crippen LogP contribution < -0.4 is 0 Å². The molecule has 0 saturated heterocycles. The minimum Gasteiger partial charge on any atom is -0.301 e. The third-order valence-electron chi connectivity index (χ3n) is 4.06. The van der Waals surface area contributed by atoms with Gasteiger partial charge in [-0.15, -0.1) is 28.5 Å². The standard InChI is InChI=1S/C21H19Cl2N3OS2/c1-3-10-26-20(13-28-16-7-4-14(2)5-8-16)24-25-21(26)29-12-19(27)17-9-6-15(22)11-18(17)23/h3-9,11H,1,10,12-13H2,2H3. The number of aryl methyl sites for hydroxylation is 1. The fraction of sp³-hybridized carbons (Fsp3) is 0.190. The van der Waals surface area contributed by atoms with Crippen molar-refractivity contribution in [2.24, 2.45) is 0 Å². The van der Waals surface area contributed by atoms with E-state index < -0.39 is 0 Å². The van der Waals surface area contributed by atoms with Gasteiger partial charge in [0.1, 0.15) is 5.82 Å². The van der Waals surface area contributed by atoms with E-state index in [-0.39, 0.29) is 11.5 Å². The number of nitrogens with zero attached hydrogens (tertiary/aromatic N) is 3. The lowest BCUT2D eigenvalue weighted by Gasteiger charge is -2.08. The maximum absolute atomic E-state index is 12.5. The van der Waals surface area contributed by atoms with E-state index in [0.29, 0.717) is 33.1 Å². The van der Waals surface area contributed by atoms with Crippen LogP contribution in [0.5, 0.6) is 0 Å². The summed E-state index contributed by atoms with van der Waals surface area (Å²) in [4.78, 5) is 13.7. The van der Waals surface area contributed by atoms with Crippen molar-refractivity contribution >= 4 is 52.5 Å². The molecule has 0 unspecified atom stereocenters. The Morgan fingerprint density at radius 3 is 2.59 bits per heavy atom. The molecule has 1 aromatic heterocycles. The Morgan fingerprint density at radius 2 is 1.90 bits per heavy atom. The molecule has 0 aliphatic rings. The second-order valence-corrected chi connectivity index (χ2v) is 9.07. The number of rotatable bonds is 9. The second kappa shape index (κ2) is 10.3. The summed E-state index contributed by atoms with van der Waals surface area (Å²) in [5, 5.41) is 10.1. The fourth-order valence-corrected chi connectivity index (χ4v) is 4.75. The van der Waals surface area contributed by atoms with Crippen molar-refractivity contribution in [1.29, 1.82) is 0 Å². The van der Waals surface area contributed by atoms with Crippen molar-refractivity contribution < 1.29 is 4.79 Å². The van der Waals surface area contributed by atoms with Crippen LogP contribution in [0.2, 0.25) is 10.0 Å². The van der Waals surface area contributed by atoms with Gasteiger partial charge >= 0.3 is 0 Å². The highest BCUT2D eigenvalue weighted by Gasteiger charge is 2.16. The van der Waals surface area contributed by atoms with Crippen molar-refractivity contribution in [2.45, 2.75) is 29.3 Å². The average molecular weight is 464 g/mol. The van der Waals surface area contributed by atoms with E-state index in [2.05, 4.69) is 48.0 Å². The highest BCUT2D eigenvalue weighted by atomic mass is 35.5. The summed E-state index contributed by atoms with van der Waals surface area (Å²) < 4.78 is 1.98. The van der Waals surface area contributed by atoms with E-state index in [4.69, 9.17) is 23.2 Å². The Hall–Kier alpha value is -1.73. The molecule has 2 aromatic carbocycles. The monoisotopic (exact) mass is 463 g/mol. The molecule has 4 nitrogen and oxygen atoms in total. The summed E-state index contributed by atoms with van der Waals surface area (Å²) in [6.45, 7) is 6.46. The van der Waals surface area contributed by atoms with Crippen molar-refractivity contribution in [2.75, 3.05) is 5.75 Å². The van der Waals surface area contributed by atoms with E-state index in [9.17, 15) is 4.79 Å². The third kappa shape index (κ3) is 5.89. The van der Waals surface area contributed by atoms with Crippen LogP contribution in [0.3, 0.4) is 0 Å². The SMILES string of the molecule is C=CCn1c(CSc2ccc(C)cc2)nnc1SCC(=O)c1ccc(Cl)cc1Cl. The van der Waals surface area contributed by atoms with Crippen LogP contribution in [0.1, 0.15) is 21.7 Å². The van der Waals surface area contributed by atoms with Crippen molar-refractivity contribution in [1.82, 2.24) is 14.8 Å². The first-order chi connectivity index (χ1) is 14.0. The van der Waals surface area contributed by atoms with Crippen LogP contribution in [0.15, 0.2) is 65.2 Å². The third-order valence-corrected chi connectivity index (χ3v) is 6.58. The minimum absolute atomic E-state index is 0.0830. The topological polar surface area (TPSA) is 47.8 Å². The van der Waals surface area contributed by atoms with Crippen LogP contribution >= 0.6 is 46.7 Å². The fourth-order valence-electron chi connectivity index (χ4n) is 2.55. The molecule has 0 saturated carbocycles. The number of allylic oxidation sites excluding steroid dienone is 1. The molecule has 0 amide bonds. The molecule has 0 radical (unpaired) electrons. The Bertz CT molecular complexity index is 1020. The predicted molar refractivity (Wildman–Crippen MR) is 122 cm³/mol. The number of carbonyl (C=O) groups excluding carboxylic acids is 1. The Balaban J connectivity index is 1.68. The molecule has 0 spiro atoms. The molecule has 0 bridgehead atoms. The van der Waals surface area contributed by atoms with Crippen LogP contribution in [0, 0.1) is 6.92 Å². The summed E-state index contributed by atoms with van der Waals surface area (Å²) >= 11 is 15.1. The van der Waals surface area contributed by atoms with Gasteiger partial charge in [0.15, 0.2) is 10.9 Å². The second-order valence-electron chi connectivity index (χ2n) is 6.24. The van der Waals surface area contributed by atoms with Gasteiger partial charge in [0, 0.05) is 22.0 Å². The lowest BCUT2D eigenvalue weighted by atomic mass is 10.1. The Kier molecular flexibility index (Phi) is 7.84. The molecule has 29 heavy (non-hydrogen) atoms. The van der Waals surface area contributed by atoms with E-state index in [1.165, 1.54) is 22.2 Å². The number of benzene rings is 2. The molecule has 0 aliphatic heterocycles. The molecule has 150 valence electrons. The van der Waals surface area contributed by atoms with Gasteiger partial charge in [0.05, 0.1) is 16.5 Å². The molecular formula is C21H19Cl2N3OS2. The van der Waals surface area contributed by atoms with Gasteiger partial charge in [-0.2, -0.15) is 0 Å². The lowest BCUT2D eigenvalue weighted by molar-refractivity contribution is 0.102. The molecule has 0 N–H and O–H groups in total. The highest BCUT2D eigenvalue weighted by Crippen LogP contribution is 2.27. The normalized spacial score (nSPS) is 10.9. The Morgan fingerprint density at radius 1 is 1.14 bits per heavy atom. The molecule has 3 aromatic rings. The smallest absolute Gasteiger partial charge is 0.191 e. The number of hydrogen-bond donors (Lipinski definition) is 0. The number of halogens is 2. The molecule has 0 atom stereocenters. The largest absolute Gasteiger partial charge is 0.301 e. The summed E-state index contributed by atoms with van der Waals surface area (Å²) in [5.74, 6) is 1.65. The number of ketones is 1. The lowest BCUT2D eigenvalue weighted by Crippen LogP contribution is -2.07. The van der Waals surface area contributed by atoms with Crippen molar-refractivity contribution in [3.05, 3.63) is 82.1 Å². The van der Waals surface area contributed by atoms with E-state index >= 15 is 0 Å². The van der Waals surface area contributed by atoms with Crippen LogP contribution in [-0.2, 0) is 12.3 Å². The Labute approximate surface area is 188 Å². The molecule has 0 fully saturated rings. The number of carbonyl (C=O) groups is 1. The number of Topliss-reactive ketones (excluding diaryl/α,β-unsaturated/α-hetero) is 1. The van der Waals surface area contributed by atoms with E-state index in [1.54, 1.807) is 36.0 Å². The summed E-state index contributed by atoms with van der Waals surface area (Å²) in [7, 11) is 0. The van der Waals surface area contributed by atoms with Gasteiger partial charge in [0.25, 0.3) is 0 Å². The van der Waals surface area contributed by atoms with Gasteiger partial charge in [-0.1, -0.05) is 58.7 Å². The van der Waals surface area contributed by atoms with E-state index in [1.807, 2.05) is 4.57 Å². The zero-order valence-corrected chi connectivity index (χ0v) is 18.9. The predicted octanol–water partition coefficient (Wildman–Crippen LogP) is 6.35.